The van der Waals surface area contributed by atoms with Crippen molar-refractivity contribution >= 4 is 28.4 Å². The standard InChI is InChI=1S/C16H21N5O2.C5H12/c17-7-3-5-13(18)16(23)20-10-15(22)21-12-8-11-4-1-2-6-14(11)19-9-12;1-4-5(2)3/h1-2,4,6,8-9,13H,3,5,7,10,17-18H2,(H,20,23)(H,21,22);5H,4H2,1-3H3/t13-;/m0./s1. The number of carbonyl (C=O) groups excluding carboxylic acids is 2. The number of nitrogens with zero attached hydrogens (tertiary/aromatic N) is 1. The molecule has 0 fully saturated rings. The molecule has 0 bridgehead atoms. The number of para-hydroxylation sites is 1. The Kier molecular flexibility index (Phi) is 10.8. The number of fused-ring (bicyclic) bond motifs is 1. The molecule has 1 atom stereocenters. The van der Waals surface area contributed by atoms with E-state index in [4.69, 9.17) is 11.5 Å². The SMILES string of the molecule is CCC(C)C.NCCC[C@H](N)C(=O)NCC(=O)Nc1cnc2ccccc2c1. The van der Waals surface area contributed by atoms with Crippen molar-refractivity contribution in [3.63, 3.8) is 0 Å². The zero-order chi connectivity index (χ0) is 20.9. The molecule has 0 saturated carbocycles. The molecule has 1 heterocycles. The predicted molar refractivity (Wildman–Crippen MR) is 115 cm³/mol. The zero-order valence-electron chi connectivity index (χ0n) is 17.1. The Balaban J connectivity index is 0.000000696. The van der Waals surface area contributed by atoms with Crippen LogP contribution in [0.15, 0.2) is 36.5 Å². The minimum Gasteiger partial charge on any atom is -0.346 e. The first kappa shape index (κ1) is 23.5. The quantitative estimate of drug-likeness (QED) is 0.554. The number of hydrogen-bond acceptors (Lipinski definition) is 5. The minimum atomic E-state index is -0.645. The lowest BCUT2D eigenvalue weighted by molar-refractivity contribution is -0.125. The van der Waals surface area contributed by atoms with Crippen molar-refractivity contribution in [2.45, 2.75) is 46.1 Å². The summed E-state index contributed by atoms with van der Waals surface area (Å²) in [5.74, 6) is 0.196. The fraction of sp³-hybridized carbons (Fsp3) is 0.476. The van der Waals surface area contributed by atoms with E-state index in [1.54, 1.807) is 6.20 Å². The van der Waals surface area contributed by atoms with Crippen molar-refractivity contribution < 1.29 is 9.59 Å². The summed E-state index contributed by atoms with van der Waals surface area (Å²) < 4.78 is 0. The molecule has 154 valence electrons. The molecule has 7 nitrogen and oxygen atoms in total. The summed E-state index contributed by atoms with van der Waals surface area (Å²) in [6, 6.07) is 8.79. The van der Waals surface area contributed by atoms with Crippen molar-refractivity contribution in [1.82, 2.24) is 10.3 Å². The maximum absolute atomic E-state index is 11.9. The second-order valence-electron chi connectivity index (χ2n) is 7.02. The molecule has 6 N–H and O–H groups in total. The highest BCUT2D eigenvalue weighted by atomic mass is 16.2. The Labute approximate surface area is 167 Å². The number of anilines is 1. The van der Waals surface area contributed by atoms with Crippen LogP contribution in [0.2, 0.25) is 0 Å². The van der Waals surface area contributed by atoms with Crippen molar-refractivity contribution in [2.24, 2.45) is 17.4 Å². The molecule has 0 aliphatic carbocycles. The minimum absolute atomic E-state index is 0.137. The normalized spacial score (nSPS) is 11.5. The van der Waals surface area contributed by atoms with E-state index in [0.717, 1.165) is 16.8 Å². The molecular formula is C21H33N5O2. The Morgan fingerprint density at radius 3 is 2.54 bits per heavy atom. The van der Waals surface area contributed by atoms with Gasteiger partial charge in [0.25, 0.3) is 0 Å². The monoisotopic (exact) mass is 387 g/mol. The van der Waals surface area contributed by atoms with Crippen LogP contribution in [-0.4, -0.2) is 35.9 Å². The summed E-state index contributed by atoms with van der Waals surface area (Å²) >= 11 is 0. The van der Waals surface area contributed by atoms with Crippen LogP contribution in [0.25, 0.3) is 10.9 Å². The number of nitrogens with two attached hydrogens (primary N) is 2. The maximum Gasteiger partial charge on any atom is 0.243 e. The molecule has 2 rings (SSSR count). The second kappa shape index (κ2) is 12.8. The molecule has 2 amide bonds. The number of hydrogen-bond donors (Lipinski definition) is 4. The molecule has 0 radical (unpaired) electrons. The molecule has 1 aromatic carbocycles. The number of carbonyl (C=O) groups is 2. The van der Waals surface area contributed by atoms with Gasteiger partial charge in [-0.3, -0.25) is 14.6 Å². The van der Waals surface area contributed by atoms with Gasteiger partial charge in [0.2, 0.25) is 11.8 Å². The van der Waals surface area contributed by atoms with Gasteiger partial charge in [0.1, 0.15) is 0 Å². The van der Waals surface area contributed by atoms with Gasteiger partial charge in [0.15, 0.2) is 0 Å². The molecule has 7 heteroatoms. The van der Waals surface area contributed by atoms with Gasteiger partial charge in [0, 0.05) is 5.39 Å². The Bertz CT molecular complexity index is 748. The smallest absolute Gasteiger partial charge is 0.243 e. The summed E-state index contributed by atoms with van der Waals surface area (Å²) in [6.45, 7) is 6.99. The van der Waals surface area contributed by atoms with Crippen LogP contribution in [-0.2, 0) is 9.59 Å². The van der Waals surface area contributed by atoms with Crippen LogP contribution in [0.1, 0.15) is 40.0 Å². The fourth-order valence-corrected chi connectivity index (χ4v) is 2.11. The van der Waals surface area contributed by atoms with Gasteiger partial charge in [0.05, 0.1) is 30.0 Å². The molecule has 28 heavy (non-hydrogen) atoms. The fourth-order valence-electron chi connectivity index (χ4n) is 2.11. The molecule has 1 aromatic heterocycles. The van der Waals surface area contributed by atoms with E-state index in [1.165, 1.54) is 6.42 Å². The van der Waals surface area contributed by atoms with E-state index >= 15 is 0 Å². The number of pyridine rings is 1. The zero-order valence-corrected chi connectivity index (χ0v) is 17.1. The molecular weight excluding hydrogens is 354 g/mol. The van der Waals surface area contributed by atoms with Crippen LogP contribution < -0.4 is 22.1 Å². The van der Waals surface area contributed by atoms with Crippen LogP contribution in [0.5, 0.6) is 0 Å². The Hall–Kier alpha value is -2.51. The van der Waals surface area contributed by atoms with Crippen LogP contribution in [0, 0.1) is 5.92 Å². The summed E-state index contributed by atoms with van der Waals surface area (Å²) in [7, 11) is 0. The summed E-state index contributed by atoms with van der Waals surface area (Å²) in [5.41, 5.74) is 12.5. The topological polar surface area (TPSA) is 123 Å². The highest BCUT2D eigenvalue weighted by Gasteiger charge is 2.13. The molecule has 0 spiro atoms. The lowest BCUT2D eigenvalue weighted by Crippen LogP contribution is -2.43. The Morgan fingerprint density at radius 1 is 1.21 bits per heavy atom. The van der Waals surface area contributed by atoms with Crippen molar-refractivity contribution in [3.05, 3.63) is 36.5 Å². The number of benzene rings is 1. The van der Waals surface area contributed by atoms with Crippen molar-refractivity contribution in [2.75, 3.05) is 18.4 Å². The Morgan fingerprint density at radius 2 is 1.89 bits per heavy atom. The number of rotatable bonds is 8. The van der Waals surface area contributed by atoms with Gasteiger partial charge in [-0.05, 0) is 37.4 Å². The molecule has 0 saturated heterocycles. The van der Waals surface area contributed by atoms with E-state index in [1.807, 2.05) is 30.3 Å². The van der Waals surface area contributed by atoms with E-state index in [-0.39, 0.29) is 18.4 Å². The van der Waals surface area contributed by atoms with Crippen molar-refractivity contribution in [1.29, 1.82) is 0 Å². The van der Waals surface area contributed by atoms with Gasteiger partial charge in [-0.15, -0.1) is 0 Å². The summed E-state index contributed by atoms with van der Waals surface area (Å²) in [5, 5.41) is 6.13. The number of amides is 2. The molecule has 0 aliphatic heterocycles. The van der Waals surface area contributed by atoms with Gasteiger partial charge in [-0.1, -0.05) is 45.4 Å². The average molecular weight is 388 g/mol. The van der Waals surface area contributed by atoms with Gasteiger partial charge in [-0.25, -0.2) is 0 Å². The largest absolute Gasteiger partial charge is 0.346 e. The molecule has 2 aromatic rings. The highest BCUT2D eigenvalue weighted by molar-refractivity contribution is 5.96. The predicted octanol–water partition coefficient (Wildman–Crippen LogP) is 2.41. The third kappa shape index (κ3) is 8.92. The van der Waals surface area contributed by atoms with Crippen LogP contribution >= 0.6 is 0 Å². The first-order valence-corrected chi connectivity index (χ1v) is 9.75. The van der Waals surface area contributed by atoms with E-state index in [0.29, 0.717) is 25.1 Å². The number of aromatic nitrogens is 1. The lowest BCUT2D eigenvalue weighted by Gasteiger charge is -2.12. The van der Waals surface area contributed by atoms with Gasteiger partial charge in [-0.2, -0.15) is 0 Å². The molecule has 0 unspecified atom stereocenters. The van der Waals surface area contributed by atoms with Gasteiger partial charge >= 0.3 is 0 Å². The van der Waals surface area contributed by atoms with Crippen LogP contribution in [0.4, 0.5) is 5.69 Å². The third-order valence-corrected chi connectivity index (χ3v) is 4.17. The maximum atomic E-state index is 11.9. The average Bonchev–Trinajstić information content (AvgIpc) is 2.70. The first-order chi connectivity index (χ1) is 13.4. The third-order valence-electron chi connectivity index (χ3n) is 4.17. The lowest BCUT2D eigenvalue weighted by atomic mass is 10.1. The number of nitrogens with one attached hydrogen (secondary N) is 2. The van der Waals surface area contributed by atoms with Gasteiger partial charge < -0.3 is 22.1 Å². The molecule has 0 aliphatic rings. The van der Waals surface area contributed by atoms with E-state index in [9.17, 15) is 9.59 Å². The van der Waals surface area contributed by atoms with E-state index < -0.39 is 6.04 Å². The summed E-state index contributed by atoms with van der Waals surface area (Å²) in [6.07, 6.45) is 4.05. The second-order valence-corrected chi connectivity index (χ2v) is 7.02. The van der Waals surface area contributed by atoms with E-state index in [2.05, 4.69) is 36.4 Å². The summed E-state index contributed by atoms with van der Waals surface area (Å²) in [4.78, 5) is 27.8. The first-order valence-electron chi connectivity index (χ1n) is 9.75. The highest BCUT2D eigenvalue weighted by Crippen LogP contribution is 2.15. The van der Waals surface area contributed by atoms with Crippen LogP contribution in [0.3, 0.4) is 0 Å². The van der Waals surface area contributed by atoms with Crippen molar-refractivity contribution in [3.8, 4) is 0 Å².